The molecule has 1 aliphatic carbocycles. The van der Waals surface area contributed by atoms with Crippen LogP contribution in [0.5, 0.6) is 0 Å². The molecule has 1 N–H and O–H groups in total. The normalized spacial score (nSPS) is 14.7. The van der Waals surface area contributed by atoms with Gasteiger partial charge in [-0.1, -0.05) is 89.4 Å². The zero-order chi connectivity index (χ0) is 31.3. The zero-order valence-electron chi connectivity index (χ0n) is 23.8. The van der Waals surface area contributed by atoms with Crippen LogP contribution in [0.1, 0.15) is 50.2 Å². The van der Waals surface area contributed by atoms with E-state index < -0.39 is 28.5 Å². The van der Waals surface area contributed by atoms with Crippen LogP contribution in [0.3, 0.4) is 0 Å². The molecule has 4 rings (SSSR count). The van der Waals surface area contributed by atoms with E-state index >= 15 is 0 Å². The van der Waals surface area contributed by atoms with Crippen molar-refractivity contribution in [2.45, 2.75) is 69.5 Å². The van der Waals surface area contributed by atoms with E-state index in [0.717, 1.165) is 42.0 Å². The second-order valence-electron chi connectivity index (χ2n) is 10.7. The van der Waals surface area contributed by atoms with Gasteiger partial charge in [0.05, 0.1) is 15.6 Å². The Bertz CT molecular complexity index is 1580. The highest BCUT2D eigenvalue weighted by Crippen LogP contribution is 2.33. The Morgan fingerprint density at radius 1 is 0.884 bits per heavy atom. The lowest BCUT2D eigenvalue weighted by molar-refractivity contribution is -0.139. The van der Waals surface area contributed by atoms with E-state index in [-0.39, 0.29) is 39.1 Å². The second-order valence-corrected chi connectivity index (χ2v) is 14.2. The van der Waals surface area contributed by atoms with Gasteiger partial charge in [-0.2, -0.15) is 0 Å². The molecule has 0 spiro atoms. The number of amides is 2. The number of nitrogens with zero attached hydrogens (tertiary/aromatic N) is 2. The van der Waals surface area contributed by atoms with Crippen LogP contribution in [0.25, 0.3) is 0 Å². The van der Waals surface area contributed by atoms with Gasteiger partial charge in [0, 0.05) is 27.7 Å². The minimum Gasteiger partial charge on any atom is -0.352 e. The fourth-order valence-electron chi connectivity index (χ4n) is 5.01. The fraction of sp³-hybridized carbons (Fsp3) is 0.355. The van der Waals surface area contributed by atoms with Crippen LogP contribution < -0.4 is 9.62 Å². The molecular weight excluding hydrogens is 652 g/mol. The van der Waals surface area contributed by atoms with Crippen molar-refractivity contribution in [3.05, 3.63) is 91.9 Å². The molecule has 12 heteroatoms. The average Bonchev–Trinajstić information content (AvgIpc) is 2.97. The van der Waals surface area contributed by atoms with E-state index in [1.54, 1.807) is 37.3 Å². The van der Waals surface area contributed by atoms with Crippen LogP contribution in [-0.2, 0) is 26.2 Å². The Morgan fingerprint density at radius 3 is 2.16 bits per heavy atom. The van der Waals surface area contributed by atoms with E-state index in [9.17, 15) is 18.0 Å². The van der Waals surface area contributed by atoms with E-state index in [2.05, 4.69) is 5.32 Å². The van der Waals surface area contributed by atoms with Crippen molar-refractivity contribution in [3.8, 4) is 0 Å². The molecule has 0 bridgehead atoms. The Morgan fingerprint density at radius 2 is 1.51 bits per heavy atom. The van der Waals surface area contributed by atoms with Crippen molar-refractivity contribution in [1.29, 1.82) is 0 Å². The number of carbonyl (C=O) groups is 2. The minimum atomic E-state index is -4.30. The molecule has 2 amide bonds. The number of hydrogen-bond acceptors (Lipinski definition) is 4. The summed E-state index contributed by atoms with van der Waals surface area (Å²) in [6, 6.07) is 14.6. The van der Waals surface area contributed by atoms with E-state index in [4.69, 9.17) is 46.4 Å². The first-order valence-electron chi connectivity index (χ1n) is 13.9. The molecule has 1 aliphatic rings. The first-order valence-corrected chi connectivity index (χ1v) is 16.9. The monoisotopic (exact) mass is 683 g/mol. The van der Waals surface area contributed by atoms with Gasteiger partial charge in [-0.25, -0.2) is 8.42 Å². The molecule has 0 aliphatic heterocycles. The summed E-state index contributed by atoms with van der Waals surface area (Å²) in [5.74, 6) is -0.969. The third-order valence-electron chi connectivity index (χ3n) is 7.54. The summed E-state index contributed by atoms with van der Waals surface area (Å²) in [6.07, 6.45) is 4.90. The lowest BCUT2D eigenvalue weighted by Gasteiger charge is -2.33. The molecule has 1 atom stereocenters. The number of sulfonamides is 1. The zero-order valence-corrected chi connectivity index (χ0v) is 27.7. The predicted molar refractivity (Wildman–Crippen MR) is 174 cm³/mol. The van der Waals surface area contributed by atoms with Crippen molar-refractivity contribution >= 4 is 73.9 Å². The summed E-state index contributed by atoms with van der Waals surface area (Å²) >= 11 is 25.3. The van der Waals surface area contributed by atoms with Gasteiger partial charge in [0.25, 0.3) is 10.0 Å². The lowest BCUT2D eigenvalue weighted by atomic mass is 9.95. The van der Waals surface area contributed by atoms with Gasteiger partial charge in [0.15, 0.2) is 0 Å². The van der Waals surface area contributed by atoms with Gasteiger partial charge in [-0.3, -0.25) is 13.9 Å². The number of hydrogen-bond donors (Lipinski definition) is 1. The lowest BCUT2D eigenvalue weighted by Crippen LogP contribution is -2.53. The van der Waals surface area contributed by atoms with Crippen molar-refractivity contribution in [1.82, 2.24) is 10.2 Å². The molecule has 43 heavy (non-hydrogen) atoms. The maximum atomic E-state index is 14.2. The summed E-state index contributed by atoms with van der Waals surface area (Å²) in [7, 11) is -4.30. The Labute approximate surface area is 273 Å². The second kappa shape index (κ2) is 14.5. The van der Waals surface area contributed by atoms with E-state index in [1.807, 2.05) is 6.92 Å². The van der Waals surface area contributed by atoms with Gasteiger partial charge >= 0.3 is 0 Å². The maximum Gasteiger partial charge on any atom is 0.264 e. The molecule has 230 valence electrons. The van der Waals surface area contributed by atoms with Crippen LogP contribution in [0.4, 0.5) is 5.69 Å². The maximum absolute atomic E-state index is 14.2. The number of aryl methyl sites for hydroxylation is 1. The molecule has 1 saturated carbocycles. The third-order valence-corrected chi connectivity index (χ3v) is 10.5. The fourth-order valence-corrected chi connectivity index (χ4v) is 7.34. The molecule has 0 unspecified atom stereocenters. The molecular formula is C31H33Cl4N3O4S. The molecule has 0 aromatic heterocycles. The van der Waals surface area contributed by atoms with Crippen LogP contribution in [-0.4, -0.2) is 43.8 Å². The summed E-state index contributed by atoms with van der Waals surface area (Å²) < 4.78 is 29.0. The number of anilines is 1. The largest absolute Gasteiger partial charge is 0.352 e. The molecule has 0 heterocycles. The number of nitrogens with one attached hydrogen (secondary N) is 1. The first-order chi connectivity index (χ1) is 20.4. The molecule has 3 aromatic rings. The summed E-state index contributed by atoms with van der Waals surface area (Å²) in [5.41, 5.74) is 1.45. The van der Waals surface area contributed by atoms with Gasteiger partial charge < -0.3 is 10.2 Å². The molecule has 0 radical (unpaired) electrons. The highest BCUT2D eigenvalue weighted by Gasteiger charge is 2.34. The predicted octanol–water partition coefficient (Wildman–Crippen LogP) is 7.67. The topological polar surface area (TPSA) is 86.8 Å². The van der Waals surface area contributed by atoms with Crippen molar-refractivity contribution in [3.63, 3.8) is 0 Å². The standard InChI is InChI=1S/C31H33Cl4N3O4S/c1-20-8-13-26(14-9-20)43(41,42)38(29-17-24(33)12-15-27(29)34)19-30(39)37(18-22-10-11-23(32)16-28(22)35)21(2)31(40)36-25-6-4-3-5-7-25/h8-17,21,25H,3-7,18-19H2,1-2H3,(H,36,40)/t21-/m1/s1. The molecule has 0 saturated heterocycles. The highest BCUT2D eigenvalue weighted by atomic mass is 35.5. The third kappa shape index (κ3) is 8.37. The highest BCUT2D eigenvalue weighted by molar-refractivity contribution is 7.92. The number of rotatable bonds is 10. The molecule has 3 aromatic carbocycles. The minimum absolute atomic E-state index is 0.0171. The smallest absolute Gasteiger partial charge is 0.264 e. The Balaban J connectivity index is 1.73. The van der Waals surface area contributed by atoms with Crippen molar-refractivity contribution in [2.24, 2.45) is 0 Å². The summed E-state index contributed by atoms with van der Waals surface area (Å²) in [5, 5.41) is 4.12. The van der Waals surface area contributed by atoms with E-state index in [0.29, 0.717) is 15.6 Å². The van der Waals surface area contributed by atoms with Gasteiger partial charge in [-0.05, 0) is 74.7 Å². The van der Waals surface area contributed by atoms with E-state index in [1.165, 1.54) is 35.2 Å². The molecule has 7 nitrogen and oxygen atoms in total. The first kappa shape index (κ1) is 33.4. The average molecular weight is 686 g/mol. The van der Waals surface area contributed by atoms with Crippen LogP contribution in [0.2, 0.25) is 20.1 Å². The number of carbonyl (C=O) groups excluding carboxylic acids is 2. The van der Waals surface area contributed by atoms with Gasteiger partial charge in [0.1, 0.15) is 12.6 Å². The van der Waals surface area contributed by atoms with Crippen molar-refractivity contribution in [2.75, 3.05) is 10.8 Å². The summed E-state index contributed by atoms with van der Waals surface area (Å²) in [4.78, 5) is 28.9. The van der Waals surface area contributed by atoms with Gasteiger partial charge in [-0.15, -0.1) is 0 Å². The Hall–Kier alpha value is -2.49. The SMILES string of the molecule is Cc1ccc(S(=O)(=O)N(CC(=O)N(Cc2ccc(Cl)cc2Cl)[C@H](C)C(=O)NC2CCCCC2)c2cc(Cl)ccc2Cl)cc1. The number of benzene rings is 3. The van der Waals surface area contributed by atoms with Gasteiger partial charge in [0.2, 0.25) is 11.8 Å². The molecule has 1 fully saturated rings. The number of halogens is 4. The van der Waals surface area contributed by atoms with Crippen LogP contribution in [0.15, 0.2) is 65.6 Å². The van der Waals surface area contributed by atoms with Crippen LogP contribution >= 0.6 is 46.4 Å². The quantitative estimate of drug-likeness (QED) is 0.238. The van der Waals surface area contributed by atoms with Crippen molar-refractivity contribution < 1.29 is 18.0 Å². The Kier molecular flexibility index (Phi) is 11.3. The summed E-state index contributed by atoms with van der Waals surface area (Å²) in [6.45, 7) is 2.74. The van der Waals surface area contributed by atoms with Crippen LogP contribution in [0, 0.1) is 6.92 Å².